The van der Waals surface area contributed by atoms with Crippen LogP contribution in [0.4, 0.5) is 0 Å². The first-order valence-electron chi connectivity index (χ1n) is 5.39. The van der Waals surface area contributed by atoms with Crippen molar-refractivity contribution in [3.63, 3.8) is 0 Å². The number of rotatable bonds is 4. The molecule has 1 atom stereocenters. The van der Waals surface area contributed by atoms with E-state index < -0.39 is 0 Å². The molecule has 0 fully saturated rings. The molecule has 0 aliphatic carbocycles. The van der Waals surface area contributed by atoms with Crippen molar-refractivity contribution < 1.29 is 4.42 Å². The highest BCUT2D eigenvalue weighted by molar-refractivity contribution is 6.31. The molecule has 0 radical (unpaired) electrons. The zero-order valence-electron chi connectivity index (χ0n) is 9.16. The van der Waals surface area contributed by atoms with Gasteiger partial charge in [-0.15, -0.1) is 0 Å². The lowest BCUT2D eigenvalue weighted by Gasteiger charge is -2.10. The summed E-state index contributed by atoms with van der Waals surface area (Å²) in [4.78, 5) is 0. The van der Waals surface area contributed by atoms with Gasteiger partial charge in [-0.05, 0) is 30.7 Å². The predicted octanol–water partition coefficient (Wildman–Crippen LogP) is 3.39. The fourth-order valence-corrected chi connectivity index (χ4v) is 1.98. The van der Waals surface area contributed by atoms with Crippen molar-refractivity contribution in [2.24, 2.45) is 5.84 Å². The molecule has 2 aromatic rings. The van der Waals surface area contributed by atoms with E-state index in [0.717, 1.165) is 29.6 Å². The summed E-state index contributed by atoms with van der Waals surface area (Å²) in [6.07, 6.45) is 2.00. The Bertz CT molecular complexity index is 481. The van der Waals surface area contributed by atoms with Gasteiger partial charge in [0.15, 0.2) is 0 Å². The molecule has 1 unspecified atom stereocenters. The highest BCUT2D eigenvalue weighted by Crippen LogP contribution is 2.27. The fraction of sp³-hybridized carbons (Fsp3) is 0.333. The molecule has 3 N–H and O–H groups in total. The molecule has 2 rings (SSSR count). The van der Waals surface area contributed by atoms with Crippen LogP contribution in [0.25, 0.3) is 11.0 Å². The van der Waals surface area contributed by atoms with Crippen molar-refractivity contribution in [2.75, 3.05) is 0 Å². The second-order valence-electron chi connectivity index (χ2n) is 3.84. The van der Waals surface area contributed by atoms with Crippen LogP contribution in [-0.2, 0) is 0 Å². The highest BCUT2D eigenvalue weighted by atomic mass is 35.5. The van der Waals surface area contributed by atoms with Crippen molar-refractivity contribution >= 4 is 22.6 Å². The Kier molecular flexibility index (Phi) is 3.49. The Morgan fingerprint density at radius 2 is 2.25 bits per heavy atom. The minimum Gasteiger partial charge on any atom is -0.459 e. The van der Waals surface area contributed by atoms with Gasteiger partial charge >= 0.3 is 0 Å². The van der Waals surface area contributed by atoms with Crippen molar-refractivity contribution in [1.29, 1.82) is 0 Å². The van der Waals surface area contributed by atoms with E-state index in [1.807, 2.05) is 24.3 Å². The molecule has 0 aliphatic heterocycles. The van der Waals surface area contributed by atoms with Gasteiger partial charge in [0.1, 0.15) is 11.3 Å². The molecule has 3 nitrogen and oxygen atoms in total. The van der Waals surface area contributed by atoms with Crippen LogP contribution < -0.4 is 11.3 Å². The van der Waals surface area contributed by atoms with Gasteiger partial charge in [0.05, 0.1) is 6.04 Å². The lowest BCUT2D eigenvalue weighted by molar-refractivity contribution is 0.414. The van der Waals surface area contributed by atoms with E-state index >= 15 is 0 Å². The number of nitrogens with one attached hydrogen (secondary N) is 1. The topological polar surface area (TPSA) is 51.2 Å². The molecule has 1 heterocycles. The van der Waals surface area contributed by atoms with E-state index in [0.29, 0.717) is 5.02 Å². The second-order valence-corrected chi connectivity index (χ2v) is 4.28. The summed E-state index contributed by atoms with van der Waals surface area (Å²) in [6, 6.07) is 7.64. The quantitative estimate of drug-likeness (QED) is 0.634. The number of hydrogen-bond acceptors (Lipinski definition) is 3. The summed E-state index contributed by atoms with van der Waals surface area (Å²) in [7, 11) is 0. The Balaban J connectivity index is 2.37. The third-order valence-electron chi connectivity index (χ3n) is 2.62. The average molecular weight is 239 g/mol. The number of hydrazine groups is 1. The van der Waals surface area contributed by atoms with Crippen molar-refractivity contribution in [1.82, 2.24) is 5.43 Å². The molecule has 0 aliphatic rings. The van der Waals surface area contributed by atoms with Crippen LogP contribution >= 0.6 is 11.6 Å². The van der Waals surface area contributed by atoms with Crippen LogP contribution in [-0.4, -0.2) is 0 Å². The van der Waals surface area contributed by atoms with Crippen molar-refractivity contribution in [2.45, 2.75) is 25.8 Å². The monoisotopic (exact) mass is 238 g/mol. The minimum absolute atomic E-state index is 0.0659. The lowest BCUT2D eigenvalue weighted by Crippen LogP contribution is -2.27. The van der Waals surface area contributed by atoms with E-state index in [1.165, 1.54) is 0 Å². The van der Waals surface area contributed by atoms with Crippen LogP contribution in [0.2, 0.25) is 5.02 Å². The van der Waals surface area contributed by atoms with Crippen LogP contribution in [0.15, 0.2) is 28.7 Å². The van der Waals surface area contributed by atoms with Gasteiger partial charge in [0.2, 0.25) is 0 Å². The van der Waals surface area contributed by atoms with Gasteiger partial charge in [-0.3, -0.25) is 5.84 Å². The minimum atomic E-state index is 0.0659. The van der Waals surface area contributed by atoms with Crippen molar-refractivity contribution in [3.8, 4) is 0 Å². The largest absolute Gasteiger partial charge is 0.459 e. The van der Waals surface area contributed by atoms with Gasteiger partial charge in [-0.2, -0.15) is 0 Å². The van der Waals surface area contributed by atoms with Crippen LogP contribution in [0.5, 0.6) is 0 Å². The molecular formula is C12H15ClN2O. The van der Waals surface area contributed by atoms with Gasteiger partial charge in [0, 0.05) is 10.4 Å². The third-order valence-corrected chi connectivity index (χ3v) is 2.85. The van der Waals surface area contributed by atoms with Gasteiger partial charge in [-0.25, -0.2) is 5.43 Å². The SMILES string of the molecule is CCCC(NN)c1cc2cc(Cl)ccc2o1. The lowest BCUT2D eigenvalue weighted by atomic mass is 10.1. The Labute approximate surface area is 99.5 Å². The average Bonchev–Trinajstić information content (AvgIpc) is 2.68. The van der Waals surface area contributed by atoms with Gasteiger partial charge < -0.3 is 4.42 Å². The number of halogens is 1. The smallest absolute Gasteiger partial charge is 0.134 e. The van der Waals surface area contributed by atoms with E-state index in [1.54, 1.807) is 0 Å². The summed E-state index contributed by atoms with van der Waals surface area (Å²) < 4.78 is 5.73. The standard InChI is InChI=1S/C12H15ClN2O/c1-2-3-10(15-14)12-7-8-6-9(13)4-5-11(8)16-12/h4-7,10,15H,2-3,14H2,1H3. The maximum atomic E-state index is 5.92. The zero-order chi connectivity index (χ0) is 11.5. The fourth-order valence-electron chi connectivity index (χ4n) is 1.80. The number of hydrogen-bond donors (Lipinski definition) is 2. The van der Waals surface area contributed by atoms with E-state index in [4.69, 9.17) is 21.9 Å². The summed E-state index contributed by atoms with van der Waals surface area (Å²) in [5.74, 6) is 6.37. The molecular weight excluding hydrogens is 224 g/mol. The number of fused-ring (bicyclic) bond motifs is 1. The Morgan fingerprint density at radius 1 is 1.44 bits per heavy atom. The maximum absolute atomic E-state index is 5.92. The summed E-state index contributed by atoms with van der Waals surface area (Å²) in [6.45, 7) is 2.11. The first-order chi connectivity index (χ1) is 7.74. The number of nitrogens with two attached hydrogens (primary N) is 1. The van der Waals surface area contributed by atoms with Gasteiger partial charge in [-0.1, -0.05) is 24.9 Å². The molecule has 86 valence electrons. The molecule has 0 amide bonds. The second kappa shape index (κ2) is 4.87. The molecule has 0 spiro atoms. The van der Waals surface area contributed by atoms with Crippen LogP contribution in [0.3, 0.4) is 0 Å². The van der Waals surface area contributed by atoms with Crippen molar-refractivity contribution in [3.05, 3.63) is 35.0 Å². The van der Waals surface area contributed by atoms with Crippen LogP contribution in [0, 0.1) is 0 Å². The molecule has 4 heteroatoms. The molecule has 1 aromatic carbocycles. The summed E-state index contributed by atoms with van der Waals surface area (Å²) in [5.41, 5.74) is 3.61. The molecule has 16 heavy (non-hydrogen) atoms. The summed E-state index contributed by atoms with van der Waals surface area (Å²) in [5, 5.41) is 1.73. The first-order valence-corrected chi connectivity index (χ1v) is 5.77. The number of furan rings is 1. The van der Waals surface area contributed by atoms with E-state index in [2.05, 4.69) is 12.3 Å². The third kappa shape index (κ3) is 2.21. The first kappa shape index (κ1) is 11.5. The normalized spacial score (nSPS) is 13.2. The molecule has 0 saturated carbocycles. The molecule has 0 saturated heterocycles. The highest BCUT2D eigenvalue weighted by Gasteiger charge is 2.13. The molecule has 0 bridgehead atoms. The molecule has 1 aromatic heterocycles. The van der Waals surface area contributed by atoms with Gasteiger partial charge in [0.25, 0.3) is 0 Å². The predicted molar refractivity (Wildman–Crippen MR) is 66.2 cm³/mol. The van der Waals surface area contributed by atoms with Crippen LogP contribution in [0.1, 0.15) is 31.6 Å². The number of benzene rings is 1. The maximum Gasteiger partial charge on any atom is 0.134 e. The van der Waals surface area contributed by atoms with E-state index in [-0.39, 0.29) is 6.04 Å². The summed E-state index contributed by atoms with van der Waals surface area (Å²) >= 11 is 5.92. The zero-order valence-corrected chi connectivity index (χ0v) is 9.92. The Hall–Kier alpha value is -1.03. The van der Waals surface area contributed by atoms with E-state index in [9.17, 15) is 0 Å². The Morgan fingerprint density at radius 3 is 2.94 bits per heavy atom.